The van der Waals surface area contributed by atoms with Crippen LogP contribution < -0.4 is 4.74 Å². The van der Waals surface area contributed by atoms with Crippen molar-refractivity contribution in [2.24, 2.45) is 0 Å². The Morgan fingerprint density at radius 1 is 0.452 bits per heavy atom. The number of hydrogen-bond donors (Lipinski definition) is 2. The van der Waals surface area contributed by atoms with Crippen LogP contribution in [0.4, 0.5) is 0 Å². The van der Waals surface area contributed by atoms with E-state index in [-0.39, 0.29) is 19.8 Å². The largest absolute Gasteiger partial charge is 0.491 e. The van der Waals surface area contributed by atoms with Gasteiger partial charge in [-0.05, 0) is 101 Å². The molecule has 14 heteroatoms. The zero-order chi connectivity index (χ0) is 43.8. The van der Waals surface area contributed by atoms with E-state index in [1.54, 1.807) is 7.11 Å². The molecule has 0 unspecified atom stereocenters. The SMILES string of the molecule is COCCOCCOCCOc1ccc(-c2c(-c3ccc(COCCOCCOCCO)c(COCCOCCOCCO)c3)c3cc(C)cnc3c3ncc(C)cc23)cc1C. The Bertz CT molecular complexity index is 2080. The van der Waals surface area contributed by atoms with Gasteiger partial charge in [0, 0.05) is 30.3 Å². The highest BCUT2D eigenvalue weighted by molar-refractivity contribution is 6.19. The maximum atomic E-state index is 8.94. The summed E-state index contributed by atoms with van der Waals surface area (Å²) < 4.78 is 56.6. The average molecular weight is 861 g/mol. The molecule has 0 bridgehead atoms. The fourth-order valence-corrected chi connectivity index (χ4v) is 6.84. The van der Waals surface area contributed by atoms with Gasteiger partial charge in [-0.1, -0.05) is 18.2 Å². The van der Waals surface area contributed by atoms with Crippen LogP contribution >= 0.6 is 0 Å². The van der Waals surface area contributed by atoms with Crippen molar-refractivity contribution in [1.82, 2.24) is 9.97 Å². The molecule has 0 saturated carbocycles. The summed E-state index contributed by atoms with van der Waals surface area (Å²) in [5, 5.41) is 19.9. The molecule has 3 aromatic carbocycles. The van der Waals surface area contributed by atoms with Crippen molar-refractivity contribution in [2.45, 2.75) is 34.0 Å². The normalized spacial score (nSPS) is 11.6. The number of aliphatic hydroxyl groups is 2. The molecule has 5 rings (SSSR count). The summed E-state index contributed by atoms with van der Waals surface area (Å²) in [5.74, 6) is 0.790. The van der Waals surface area contributed by atoms with E-state index >= 15 is 0 Å². The van der Waals surface area contributed by atoms with Crippen LogP contribution in [0.5, 0.6) is 5.75 Å². The molecule has 0 saturated heterocycles. The zero-order valence-corrected chi connectivity index (χ0v) is 36.8. The van der Waals surface area contributed by atoms with E-state index in [2.05, 4.69) is 63.2 Å². The second kappa shape index (κ2) is 27.8. The fraction of sp³-hybridized carbons (Fsp3) is 0.500. The molecule has 0 atom stereocenters. The summed E-state index contributed by atoms with van der Waals surface area (Å²) in [4.78, 5) is 9.94. The van der Waals surface area contributed by atoms with Crippen LogP contribution in [0.3, 0.4) is 0 Å². The zero-order valence-electron chi connectivity index (χ0n) is 36.8. The summed E-state index contributed by atoms with van der Waals surface area (Å²) in [6, 6.07) is 17.2. The smallest absolute Gasteiger partial charge is 0.122 e. The van der Waals surface area contributed by atoms with E-state index in [9.17, 15) is 0 Å². The number of pyridine rings is 2. The van der Waals surface area contributed by atoms with Gasteiger partial charge in [0.1, 0.15) is 12.4 Å². The predicted octanol–water partition coefficient (Wildman–Crippen LogP) is 6.18. The third kappa shape index (κ3) is 15.3. The van der Waals surface area contributed by atoms with Gasteiger partial charge >= 0.3 is 0 Å². The van der Waals surface area contributed by atoms with Gasteiger partial charge in [-0.25, -0.2) is 0 Å². The van der Waals surface area contributed by atoms with E-state index in [4.69, 9.17) is 67.5 Å². The number of ether oxygens (including phenoxy) is 10. The molecule has 2 heterocycles. The van der Waals surface area contributed by atoms with Crippen LogP contribution in [0, 0.1) is 20.8 Å². The number of aliphatic hydroxyl groups excluding tert-OH is 2. The summed E-state index contributed by atoms with van der Waals surface area (Å²) >= 11 is 0. The minimum absolute atomic E-state index is 0.0136. The summed E-state index contributed by atoms with van der Waals surface area (Å²) in [6.45, 7) is 13.7. The first-order valence-electron chi connectivity index (χ1n) is 21.3. The summed E-state index contributed by atoms with van der Waals surface area (Å²) in [5.41, 5.74) is 10.9. The maximum absolute atomic E-state index is 8.94. The van der Waals surface area contributed by atoms with E-state index in [0.29, 0.717) is 112 Å². The first-order chi connectivity index (χ1) is 30.4. The highest BCUT2D eigenvalue weighted by Crippen LogP contribution is 2.45. The molecule has 2 N–H and O–H groups in total. The van der Waals surface area contributed by atoms with Crippen LogP contribution in [0.25, 0.3) is 44.1 Å². The topological polar surface area (TPSA) is 159 Å². The van der Waals surface area contributed by atoms with Crippen LogP contribution in [-0.2, 0) is 55.8 Å². The number of nitrogens with zero attached hydrogens (tertiary/aromatic N) is 2. The second-order valence-electron chi connectivity index (χ2n) is 14.6. The van der Waals surface area contributed by atoms with Crippen molar-refractivity contribution in [3.8, 4) is 28.0 Å². The van der Waals surface area contributed by atoms with Gasteiger partial charge in [0.05, 0.1) is 137 Å². The molecule has 14 nitrogen and oxygen atoms in total. The van der Waals surface area contributed by atoms with E-state index in [1.807, 2.05) is 18.5 Å². The fourth-order valence-electron chi connectivity index (χ4n) is 6.84. The van der Waals surface area contributed by atoms with Crippen molar-refractivity contribution < 1.29 is 57.6 Å². The van der Waals surface area contributed by atoms with E-state index in [1.165, 1.54) is 0 Å². The van der Waals surface area contributed by atoms with Crippen molar-refractivity contribution >= 4 is 21.8 Å². The van der Waals surface area contributed by atoms with E-state index < -0.39 is 0 Å². The molecule has 338 valence electrons. The lowest BCUT2D eigenvalue weighted by molar-refractivity contribution is 0.00162. The lowest BCUT2D eigenvalue weighted by Gasteiger charge is -2.20. The van der Waals surface area contributed by atoms with Gasteiger partial charge in [-0.2, -0.15) is 0 Å². The molecule has 0 spiro atoms. The van der Waals surface area contributed by atoms with Gasteiger partial charge in [0.25, 0.3) is 0 Å². The Balaban J connectivity index is 1.45. The van der Waals surface area contributed by atoms with Crippen LogP contribution in [0.15, 0.2) is 60.9 Å². The van der Waals surface area contributed by atoms with Crippen molar-refractivity contribution in [2.75, 3.05) is 126 Å². The highest BCUT2D eigenvalue weighted by Gasteiger charge is 2.21. The van der Waals surface area contributed by atoms with Gasteiger partial charge in [-0.15, -0.1) is 0 Å². The molecule has 0 fully saturated rings. The van der Waals surface area contributed by atoms with Crippen LogP contribution in [-0.4, -0.2) is 146 Å². The maximum Gasteiger partial charge on any atom is 0.122 e. The van der Waals surface area contributed by atoms with Gasteiger partial charge in [0.2, 0.25) is 0 Å². The Kier molecular flexibility index (Phi) is 21.9. The molecular weight excluding hydrogens is 797 g/mol. The minimum atomic E-state index is -0.0180. The molecular formula is C48H64N2O12. The Morgan fingerprint density at radius 2 is 0.887 bits per heavy atom. The standard InChI is InChI=1S/C48H64N2O12/c1-35-27-42-45(38-7-8-44(37(3)29-38)62-26-25-59-20-19-56-14-13-53-4)46(43-28-36(2)32-50-48(43)47(42)49-31-35)39-5-6-40(33-60-23-21-57-17-15-54-11-9-51)41(30-39)34-61-24-22-58-18-16-55-12-10-52/h5-8,27-32,51-52H,9-26,33-34H2,1-4H3. The molecule has 0 aliphatic rings. The molecule has 0 radical (unpaired) electrons. The monoisotopic (exact) mass is 860 g/mol. The Labute approximate surface area is 365 Å². The number of benzene rings is 3. The third-order valence-corrected chi connectivity index (χ3v) is 9.78. The van der Waals surface area contributed by atoms with Crippen LogP contribution in [0.2, 0.25) is 0 Å². The Hall–Kier alpha value is -4.16. The molecule has 0 aliphatic heterocycles. The first-order valence-corrected chi connectivity index (χ1v) is 21.3. The minimum Gasteiger partial charge on any atom is -0.491 e. The quantitative estimate of drug-likeness (QED) is 0.0373. The average Bonchev–Trinajstić information content (AvgIpc) is 3.27. The number of aromatic nitrogens is 2. The summed E-state index contributed by atoms with van der Waals surface area (Å²) in [7, 11) is 1.65. The summed E-state index contributed by atoms with van der Waals surface area (Å²) in [6.07, 6.45) is 3.79. The second-order valence-corrected chi connectivity index (χ2v) is 14.6. The third-order valence-electron chi connectivity index (χ3n) is 9.78. The predicted molar refractivity (Wildman–Crippen MR) is 238 cm³/mol. The number of fused-ring (bicyclic) bond motifs is 3. The molecule has 62 heavy (non-hydrogen) atoms. The van der Waals surface area contributed by atoms with Crippen molar-refractivity contribution in [1.29, 1.82) is 0 Å². The highest BCUT2D eigenvalue weighted by atomic mass is 16.6. The molecule has 5 aromatic rings. The number of aryl methyl sites for hydroxylation is 3. The number of hydrogen-bond acceptors (Lipinski definition) is 14. The van der Waals surface area contributed by atoms with Gasteiger partial charge in [0.15, 0.2) is 0 Å². The van der Waals surface area contributed by atoms with Crippen molar-refractivity contribution in [3.05, 3.63) is 88.7 Å². The molecule has 0 amide bonds. The van der Waals surface area contributed by atoms with Crippen molar-refractivity contribution in [3.63, 3.8) is 0 Å². The van der Waals surface area contributed by atoms with Crippen LogP contribution in [0.1, 0.15) is 27.8 Å². The van der Waals surface area contributed by atoms with E-state index in [0.717, 1.165) is 77.6 Å². The van der Waals surface area contributed by atoms with Gasteiger partial charge < -0.3 is 57.6 Å². The Morgan fingerprint density at radius 3 is 1.39 bits per heavy atom. The number of methoxy groups -OCH3 is 1. The lowest BCUT2D eigenvalue weighted by Crippen LogP contribution is -2.12. The number of rotatable bonds is 32. The first kappa shape index (κ1) is 48.9. The lowest BCUT2D eigenvalue weighted by atomic mass is 9.85. The molecule has 0 aliphatic carbocycles. The van der Waals surface area contributed by atoms with Gasteiger partial charge in [-0.3, -0.25) is 9.97 Å². The molecule has 2 aromatic heterocycles.